The van der Waals surface area contributed by atoms with Crippen LogP contribution in [-0.4, -0.2) is 75.1 Å². The molecule has 0 bridgehead atoms. The summed E-state index contributed by atoms with van der Waals surface area (Å²) in [5.41, 5.74) is 0. The van der Waals surface area contributed by atoms with E-state index in [0.29, 0.717) is 38.5 Å². The fourth-order valence-corrected chi connectivity index (χ4v) is 18.8. The third-order valence-corrected chi connectivity index (χ3v) is 21.1. The van der Waals surface area contributed by atoms with Crippen LogP contribution in [0.25, 0.3) is 0 Å². The Kier molecular flexibility index (Phi) is 15.6. The van der Waals surface area contributed by atoms with E-state index < -0.39 is 75.1 Å². The predicted molar refractivity (Wildman–Crippen MR) is 143 cm³/mol. The van der Waals surface area contributed by atoms with E-state index in [4.69, 9.17) is 18.4 Å². The van der Waals surface area contributed by atoms with E-state index in [2.05, 4.69) is 0 Å². The monoisotopic (exact) mass is 786 g/mol. The topological polar surface area (TPSA) is 158 Å². The quantitative estimate of drug-likeness (QED) is 0.192. The van der Waals surface area contributed by atoms with Gasteiger partial charge >= 0.3 is 248 Å². The molecule has 12 nitrogen and oxygen atoms in total. The first-order valence-electron chi connectivity index (χ1n) is 14.4. The molecule has 0 radical (unpaired) electrons. The van der Waals surface area contributed by atoms with E-state index in [1.165, 1.54) is 0 Å². The van der Waals surface area contributed by atoms with Crippen molar-refractivity contribution in [1.82, 2.24) is 0 Å². The number of carbonyl (C=O) groups excluding carboxylic acids is 6. The van der Waals surface area contributed by atoms with Crippen LogP contribution in [0.15, 0.2) is 0 Å². The Labute approximate surface area is 246 Å². The third-order valence-electron chi connectivity index (χ3n) is 6.32. The molecule has 0 aliphatic carbocycles. The van der Waals surface area contributed by atoms with Crippen molar-refractivity contribution in [2.45, 2.75) is 125 Å². The zero-order valence-electron chi connectivity index (χ0n) is 23.6. The molecular formula is C26H42O12Sn2. The molecule has 2 rings (SSSR count). The van der Waals surface area contributed by atoms with Crippen LogP contribution in [0.4, 0.5) is 0 Å². The third kappa shape index (κ3) is 12.9. The van der Waals surface area contributed by atoms with Crippen molar-refractivity contribution in [2.24, 2.45) is 0 Å². The van der Waals surface area contributed by atoms with E-state index in [1.54, 1.807) is 0 Å². The average molecular weight is 784 g/mol. The van der Waals surface area contributed by atoms with Crippen LogP contribution in [0.1, 0.15) is 117 Å². The van der Waals surface area contributed by atoms with Crippen molar-refractivity contribution >= 4 is 75.1 Å². The Balaban J connectivity index is 1.95. The van der Waals surface area contributed by atoms with Gasteiger partial charge in [0.05, 0.1) is 0 Å². The molecule has 0 atom stereocenters. The van der Waals surface area contributed by atoms with Gasteiger partial charge < -0.3 is 0 Å². The van der Waals surface area contributed by atoms with Gasteiger partial charge in [0.2, 0.25) is 0 Å². The van der Waals surface area contributed by atoms with Gasteiger partial charge in [-0.05, 0) is 0 Å². The van der Waals surface area contributed by atoms with E-state index in [9.17, 15) is 28.8 Å². The summed E-state index contributed by atoms with van der Waals surface area (Å²) in [7, 11) is 0. The predicted octanol–water partition coefficient (Wildman–Crippen LogP) is 4.43. The summed E-state index contributed by atoms with van der Waals surface area (Å²) < 4.78 is 33.9. The van der Waals surface area contributed by atoms with E-state index >= 15 is 0 Å². The van der Waals surface area contributed by atoms with Crippen LogP contribution < -0.4 is 0 Å². The van der Waals surface area contributed by atoms with Gasteiger partial charge in [0, 0.05) is 0 Å². The van der Waals surface area contributed by atoms with Crippen molar-refractivity contribution in [3.8, 4) is 0 Å². The van der Waals surface area contributed by atoms with Gasteiger partial charge in [-0.15, -0.1) is 0 Å². The Hall–Kier alpha value is -1.58. The van der Waals surface area contributed by atoms with Crippen molar-refractivity contribution in [3.05, 3.63) is 0 Å². The van der Waals surface area contributed by atoms with Crippen LogP contribution in [0, 0.1) is 0 Å². The molecule has 2 fully saturated rings. The van der Waals surface area contributed by atoms with Crippen molar-refractivity contribution in [3.63, 3.8) is 0 Å². The zero-order valence-corrected chi connectivity index (χ0v) is 29.3. The average Bonchev–Trinajstić information content (AvgIpc) is 2.99. The second-order valence-electron chi connectivity index (χ2n) is 10.0. The Morgan fingerprint density at radius 3 is 1.15 bits per heavy atom. The molecule has 0 spiro atoms. The molecule has 14 heteroatoms. The van der Waals surface area contributed by atoms with Gasteiger partial charge in [-0.3, -0.25) is 0 Å². The van der Waals surface area contributed by atoms with Gasteiger partial charge in [0.25, 0.3) is 0 Å². The number of hydrogen-bond donors (Lipinski definition) is 0. The van der Waals surface area contributed by atoms with E-state index in [1.807, 2.05) is 13.8 Å². The fourth-order valence-electron chi connectivity index (χ4n) is 4.18. The SMILES string of the molecule is CCC[CH2][Sn]1([O]C(=O)CCCCC(=O)[O][Sn]2([CH2]CCC)[O]C(=O)CCCCC(=O)[O]2)[O]C(=O)CCCCC(=O)[O]1. The molecule has 2 aliphatic rings. The summed E-state index contributed by atoms with van der Waals surface area (Å²) in [6.07, 6.45) is 5.51. The van der Waals surface area contributed by atoms with Crippen LogP contribution in [0.2, 0.25) is 8.87 Å². The summed E-state index contributed by atoms with van der Waals surface area (Å²) in [5, 5.41) is 0. The van der Waals surface area contributed by atoms with Gasteiger partial charge in [0.1, 0.15) is 0 Å². The summed E-state index contributed by atoms with van der Waals surface area (Å²) in [4.78, 5) is 74.6. The molecule has 0 N–H and O–H groups in total. The van der Waals surface area contributed by atoms with Crippen molar-refractivity contribution < 1.29 is 47.2 Å². The molecule has 0 saturated carbocycles. The van der Waals surface area contributed by atoms with Gasteiger partial charge in [-0.2, -0.15) is 0 Å². The van der Waals surface area contributed by atoms with Gasteiger partial charge in [-0.25, -0.2) is 0 Å². The van der Waals surface area contributed by atoms with Crippen molar-refractivity contribution in [2.75, 3.05) is 0 Å². The van der Waals surface area contributed by atoms with Crippen LogP contribution in [0.3, 0.4) is 0 Å². The summed E-state index contributed by atoms with van der Waals surface area (Å²) in [6.45, 7) is 3.85. The van der Waals surface area contributed by atoms with Crippen LogP contribution >= 0.6 is 0 Å². The summed E-state index contributed by atoms with van der Waals surface area (Å²) in [6, 6.07) is 0. The number of unbranched alkanes of at least 4 members (excludes halogenated alkanes) is 3. The minimum atomic E-state index is -4.82. The Morgan fingerprint density at radius 2 is 0.875 bits per heavy atom. The van der Waals surface area contributed by atoms with Gasteiger partial charge in [-0.1, -0.05) is 0 Å². The summed E-state index contributed by atoms with van der Waals surface area (Å²) >= 11 is -9.63. The molecule has 40 heavy (non-hydrogen) atoms. The standard InChI is InChI=1S/3C6H10O4.2C4H9.2Sn/c3*7-5(8)3-1-2-4-6(9)10;2*1-3-4-2;;/h3*1-4H2,(H,7,8)(H,9,10);2*1,3-4H2,2H3;;/q;;;;;2*+3/p-6. The first-order chi connectivity index (χ1) is 19.1. The molecule has 0 unspecified atom stereocenters. The number of rotatable bonds is 13. The molecule has 226 valence electrons. The minimum absolute atomic E-state index is 0.0819. The number of hydrogen-bond acceptors (Lipinski definition) is 12. The maximum absolute atomic E-state index is 12.7. The Bertz CT molecular complexity index is 794. The summed E-state index contributed by atoms with van der Waals surface area (Å²) in [5.74, 6) is -3.40. The first-order valence-corrected chi connectivity index (χ1v) is 25.4. The normalized spacial score (nSPS) is 19.6. The molecule has 0 aromatic carbocycles. The second kappa shape index (κ2) is 18.1. The second-order valence-corrected chi connectivity index (χ2v) is 24.2. The molecule has 0 amide bonds. The van der Waals surface area contributed by atoms with Crippen LogP contribution in [-0.2, 0) is 47.2 Å². The molecule has 0 aromatic heterocycles. The number of carbonyl (C=O) groups is 6. The maximum atomic E-state index is 12.7. The van der Waals surface area contributed by atoms with E-state index in [0.717, 1.165) is 12.8 Å². The van der Waals surface area contributed by atoms with E-state index in [-0.39, 0.29) is 60.2 Å². The van der Waals surface area contributed by atoms with Crippen molar-refractivity contribution in [1.29, 1.82) is 0 Å². The molecule has 2 aliphatic heterocycles. The zero-order chi connectivity index (χ0) is 29.4. The fraction of sp³-hybridized carbons (Fsp3) is 0.769. The molecule has 2 heterocycles. The first kappa shape index (κ1) is 34.6. The molecular weight excluding hydrogens is 742 g/mol. The molecule has 2 saturated heterocycles. The van der Waals surface area contributed by atoms with Crippen LogP contribution in [0.5, 0.6) is 0 Å². The molecule has 0 aromatic rings. The Morgan fingerprint density at radius 1 is 0.575 bits per heavy atom. The van der Waals surface area contributed by atoms with Gasteiger partial charge in [0.15, 0.2) is 0 Å².